The number of hydrogen-bond donors (Lipinski definition) is 2. The molecule has 2 rings (SSSR count). The van der Waals surface area contributed by atoms with E-state index in [1.807, 2.05) is 7.05 Å². The van der Waals surface area contributed by atoms with Gasteiger partial charge in [0, 0.05) is 19.1 Å². The molecule has 0 radical (unpaired) electrons. The largest absolute Gasteiger partial charge is 0.319 e. The molecule has 5 nitrogen and oxygen atoms in total. The first kappa shape index (κ1) is 16.2. The van der Waals surface area contributed by atoms with Crippen LogP contribution in [0.1, 0.15) is 45.4 Å². The molecule has 20 heavy (non-hydrogen) atoms. The Morgan fingerprint density at radius 3 is 2.60 bits per heavy atom. The van der Waals surface area contributed by atoms with Gasteiger partial charge < -0.3 is 5.32 Å². The molecule has 1 heterocycles. The van der Waals surface area contributed by atoms with E-state index in [1.165, 1.54) is 6.42 Å². The molecular formula is C14H29N3O2S. The summed E-state index contributed by atoms with van der Waals surface area (Å²) in [6.45, 7) is 4.37. The van der Waals surface area contributed by atoms with Gasteiger partial charge in [0.2, 0.25) is 0 Å². The molecule has 0 aromatic rings. The average Bonchev–Trinajstić information content (AvgIpc) is 2.42. The van der Waals surface area contributed by atoms with Crippen LogP contribution in [0.15, 0.2) is 0 Å². The van der Waals surface area contributed by atoms with E-state index in [4.69, 9.17) is 0 Å². The molecule has 2 fully saturated rings. The lowest BCUT2D eigenvalue weighted by Gasteiger charge is -2.35. The lowest BCUT2D eigenvalue weighted by Crippen LogP contribution is -2.51. The van der Waals surface area contributed by atoms with Gasteiger partial charge in [-0.25, -0.2) is 0 Å². The Bertz CT molecular complexity index is 397. The van der Waals surface area contributed by atoms with Gasteiger partial charge in [-0.15, -0.1) is 0 Å². The van der Waals surface area contributed by atoms with Gasteiger partial charge in [0.1, 0.15) is 0 Å². The van der Waals surface area contributed by atoms with E-state index in [9.17, 15) is 8.42 Å². The molecule has 3 atom stereocenters. The highest BCUT2D eigenvalue weighted by atomic mass is 32.2. The number of hydrogen-bond acceptors (Lipinski definition) is 3. The Balaban J connectivity index is 1.95. The summed E-state index contributed by atoms with van der Waals surface area (Å²) >= 11 is 0. The summed E-state index contributed by atoms with van der Waals surface area (Å²) in [5, 5.41) is 3.16. The van der Waals surface area contributed by atoms with Crippen LogP contribution in [0, 0.1) is 11.8 Å². The number of rotatable bonds is 5. The monoisotopic (exact) mass is 303 g/mol. The van der Waals surface area contributed by atoms with Gasteiger partial charge in [-0.2, -0.15) is 17.4 Å². The predicted octanol–water partition coefficient (Wildman–Crippen LogP) is 1.33. The van der Waals surface area contributed by atoms with Crippen LogP contribution in [0.4, 0.5) is 0 Å². The zero-order valence-corrected chi connectivity index (χ0v) is 13.6. The third-order valence-electron chi connectivity index (χ3n) is 4.73. The van der Waals surface area contributed by atoms with Crippen molar-refractivity contribution >= 4 is 10.2 Å². The SMILES string of the molecule is CNCC1CCCN(S(=O)(=O)NC2CCCCC2C)C1. The lowest BCUT2D eigenvalue weighted by atomic mass is 9.87. The third-order valence-corrected chi connectivity index (χ3v) is 6.34. The second-order valence-electron chi connectivity index (χ2n) is 6.42. The van der Waals surface area contributed by atoms with E-state index in [1.54, 1.807) is 4.31 Å². The molecule has 0 aromatic carbocycles. The normalized spacial score (nSPS) is 33.2. The molecule has 0 aromatic heterocycles. The van der Waals surface area contributed by atoms with Gasteiger partial charge in [-0.3, -0.25) is 0 Å². The van der Waals surface area contributed by atoms with Gasteiger partial charge in [0.05, 0.1) is 0 Å². The van der Waals surface area contributed by atoms with Crippen molar-refractivity contribution in [2.75, 3.05) is 26.7 Å². The van der Waals surface area contributed by atoms with Crippen molar-refractivity contribution in [1.29, 1.82) is 0 Å². The van der Waals surface area contributed by atoms with Crippen molar-refractivity contribution in [2.45, 2.75) is 51.5 Å². The molecule has 2 aliphatic rings. The summed E-state index contributed by atoms with van der Waals surface area (Å²) in [6, 6.07) is 0.124. The van der Waals surface area contributed by atoms with Gasteiger partial charge in [-0.1, -0.05) is 19.8 Å². The maximum Gasteiger partial charge on any atom is 0.279 e. The molecule has 1 aliphatic heterocycles. The standard InChI is InChI=1S/C14H29N3O2S/c1-12-6-3-4-8-14(12)16-20(18,19)17-9-5-7-13(11-17)10-15-2/h12-16H,3-11H2,1-2H3. The minimum Gasteiger partial charge on any atom is -0.319 e. The van der Waals surface area contributed by atoms with E-state index in [0.717, 1.165) is 38.6 Å². The van der Waals surface area contributed by atoms with Crippen LogP contribution in [0.25, 0.3) is 0 Å². The predicted molar refractivity (Wildman–Crippen MR) is 81.7 cm³/mol. The zero-order chi connectivity index (χ0) is 14.6. The second-order valence-corrected chi connectivity index (χ2v) is 8.12. The summed E-state index contributed by atoms with van der Waals surface area (Å²) in [5.41, 5.74) is 0. The summed E-state index contributed by atoms with van der Waals surface area (Å²) in [4.78, 5) is 0. The molecular weight excluding hydrogens is 274 g/mol. The van der Waals surface area contributed by atoms with Gasteiger partial charge in [0.15, 0.2) is 0 Å². The fourth-order valence-corrected chi connectivity index (χ4v) is 5.12. The van der Waals surface area contributed by atoms with Crippen LogP contribution in [-0.2, 0) is 10.2 Å². The smallest absolute Gasteiger partial charge is 0.279 e. The number of nitrogens with one attached hydrogen (secondary N) is 2. The first-order valence-electron chi connectivity index (χ1n) is 7.95. The maximum atomic E-state index is 12.5. The molecule has 1 saturated carbocycles. The molecule has 1 aliphatic carbocycles. The van der Waals surface area contributed by atoms with Crippen molar-refractivity contribution in [3.63, 3.8) is 0 Å². The Kier molecular flexibility index (Phi) is 5.84. The maximum absolute atomic E-state index is 12.5. The molecule has 0 spiro atoms. The van der Waals surface area contributed by atoms with E-state index >= 15 is 0 Å². The molecule has 118 valence electrons. The van der Waals surface area contributed by atoms with Crippen LogP contribution in [-0.4, -0.2) is 45.4 Å². The summed E-state index contributed by atoms with van der Waals surface area (Å²) in [7, 11) is -1.39. The third kappa shape index (κ3) is 4.16. The first-order valence-corrected chi connectivity index (χ1v) is 9.39. The second kappa shape index (κ2) is 7.20. The Morgan fingerprint density at radius 1 is 1.15 bits per heavy atom. The quantitative estimate of drug-likeness (QED) is 0.805. The fraction of sp³-hybridized carbons (Fsp3) is 1.00. The molecule has 0 bridgehead atoms. The highest BCUT2D eigenvalue weighted by Crippen LogP contribution is 2.25. The first-order chi connectivity index (χ1) is 9.53. The molecule has 3 unspecified atom stereocenters. The summed E-state index contributed by atoms with van der Waals surface area (Å²) < 4.78 is 29.7. The van der Waals surface area contributed by atoms with Crippen LogP contribution < -0.4 is 10.0 Å². The van der Waals surface area contributed by atoms with Gasteiger partial charge in [-0.05, 0) is 51.1 Å². The van der Waals surface area contributed by atoms with Crippen molar-refractivity contribution in [3.8, 4) is 0 Å². The summed E-state index contributed by atoms with van der Waals surface area (Å²) in [5.74, 6) is 0.894. The lowest BCUT2D eigenvalue weighted by molar-refractivity contribution is 0.251. The van der Waals surface area contributed by atoms with Crippen LogP contribution in [0.2, 0.25) is 0 Å². The highest BCUT2D eigenvalue weighted by molar-refractivity contribution is 7.87. The molecule has 6 heteroatoms. The van der Waals surface area contributed by atoms with Crippen molar-refractivity contribution in [2.24, 2.45) is 11.8 Å². The highest BCUT2D eigenvalue weighted by Gasteiger charge is 2.32. The number of nitrogens with zero attached hydrogens (tertiary/aromatic N) is 1. The van der Waals surface area contributed by atoms with Crippen LogP contribution in [0.5, 0.6) is 0 Å². The van der Waals surface area contributed by atoms with Gasteiger partial charge >= 0.3 is 0 Å². The Labute approximate surface area is 123 Å². The fourth-order valence-electron chi connectivity index (χ4n) is 3.46. The zero-order valence-electron chi connectivity index (χ0n) is 12.8. The van der Waals surface area contributed by atoms with Crippen molar-refractivity contribution in [3.05, 3.63) is 0 Å². The van der Waals surface area contributed by atoms with Crippen LogP contribution >= 0.6 is 0 Å². The van der Waals surface area contributed by atoms with E-state index in [2.05, 4.69) is 17.0 Å². The molecule has 0 amide bonds. The Hall–Kier alpha value is -0.170. The van der Waals surface area contributed by atoms with E-state index in [-0.39, 0.29) is 6.04 Å². The van der Waals surface area contributed by atoms with Gasteiger partial charge in [0.25, 0.3) is 10.2 Å². The number of piperidine rings is 1. The van der Waals surface area contributed by atoms with Crippen molar-refractivity contribution < 1.29 is 8.42 Å². The Morgan fingerprint density at radius 2 is 1.90 bits per heavy atom. The topological polar surface area (TPSA) is 61.4 Å². The van der Waals surface area contributed by atoms with Crippen LogP contribution in [0.3, 0.4) is 0 Å². The van der Waals surface area contributed by atoms with Crippen molar-refractivity contribution in [1.82, 2.24) is 14.3 Å². The molecule has 2 N–H and O–H groups in total. The minimum absolute atomic E-state index is 0.124. The van der Waals surface area contributed by atoms with E-state index in [0.29, 0.717) is 24.9 Å². The molecule has 1 saturated heterocycles. The minimum atomic E-state index is -3.31. The average molecular weight is 303 g/mol. The summed E-state index contributed by atoms with van der Waals surface area (Å²) in [6.07, 6.45) is 6.57. The van der Waals surface area contributed by atoms with E-state index < -0.39 is 10.2 Å².